The Morgan fingerprint density at radius 2 is 1.81 bits per heavy atom. The van der Waals surface area contributed by atoms with E-state index in [1.54, 1.807) is 12.1 Å². The monoisotopic (exact) mass is 247 g/mol. The third kappa shape index (κ3) is 2.55. The molecular formula is C10H5ClF3NO. The zero-order valence-electron chi connectivity index (χ0n) is 7.75. The molecular weight excluding hydrogens is 243 g/mol. The molecule has 16 heavy (non-hydrogen) atoms. The van der Waals surface area contributed by atoms with E-state index < -0.39 is 6.36 Å². The van der Waals surface area contributed by atoms with E-state index in [4.69, 9.17) is 11.6 Å². The standard InChI is InChI=1S/C10H5ClF3NO/c11-9-4-2-6-1-3-7(5-8(6)15-9)16-10(12,13)14/h1-5H. The molecule has 2 nitrogen and oxygen atoms in total. The first-order valence-corrected chi connectivity index (χ1v) is 4.64. The van der Waals surface area contributed by atoms with E-state index in [9.17, 15) is 13.2 Å². The quantitative estimate of drug-likeness (QED) is 0.716. The Labute approximate surface area is 93.6 Å². The number of halogens is 4. The minimum absolute atomic E-state index is 0.219. The fraction of sp³-hybridized carbons (Fsp3) is 0.100. The number of alkyl halides is 3. The summed E-state index contributed by atoms with van der Waals surface area (Å²) in [5.41, 5.74) is 0.356. The normalized spacial score (nSPS) is 11.8. The molecule has 0 aliphatic rings. The van der Waals surface area contributed by atoms with Gasteiger partial charge in [-0.2, -0.15) is 0 Å². The van der Waals surface area contributed by atoms with E-state index in [0.717, 1.165) is 0 Å². The minimum atomic E-state index is -4.70. The number of fused-ring (bicyclic) bond motifs is 1. The lowest BCUT2D eigenvalue weighted by Crippen LogP contribution is -2.17. The first-order chi connectivity index (χ1) is 7.44. The summed E-state index contributed by atoms with van der Waals surface area (Å²) >= 11 is 5.63. The Morgan fingerprint density at radius 3 is 2.50 bits per heavy atom. The summed E-state index contributed by atoms with van der Waals surface area (Å²) in [6, 6.07) is 7.13. The molecule has 0 bridgehead atoms. The van der Waals surface area contributed by atoms with Crippen LogP contribution < -0.4 is 4.74 Å². The van der Waals surface area contributed by atoms with Gasteiger partial charge in [0, 0.05) is 11.5 Å². The van der Waals surface area contributed by atoms with E-state index in [0.29, 0.717) is 10.9 Å². The lowest BCUT2D eigenvalue weighted by Gasteiger charge is -2.09. The fourth-order valence-electron chi connectivity index (χ4n) is 1.27. The van der Waals surface area contributed by atoms with E-state index in [1.807, 2.05) is 0 Å². The zero-order valence-corrected chi connectivity index (χ0v) is 8.51. The second-order valence-corrected chi connectivity index (χ2v) is 3.42. The Hall–Kier alpha value is -1.49. The maximum Gasteiger partial charge on any atom is 0.573 e. The highest BCUT2D eigenvalue weighted by Gasteiger charge is 2.31. The van der Waals surface area contributed by atoms with Crippen LogP contribution in [0.3, 0.4) is 0 Å². The molecule has 0 N–H and O–H groups in total. The highest BCUT2D eigenvalue weighted by molar-refractivity contribution is 6.29. The zero-order chi connectivity index (χ0) is 11.8. The van der Waals surface area contributed by atoms with Gasteiger partial charge in [0.1, 0.15) is 10.9 Å². The Bertz CT molecular complexity index is 527. The van der Waals surface area contributed by atoms with Gasteiger partial charge < -0.3 is 4.74 Å². The summed E-state index contributed by atoms with van der Waals surface area (Å²) in [5.74, 6) is -0.310. The van der Waals surface area contributed by atoms with E-state index in [2.05, 4.69) is 9.72 Å². The van der Waals surface area contributed by atoms with Crippen molar-refractivity contribution in [2.24, 2.45) is 0 Å². The van der Waals surface area contributed by atoms with Crippen molar-refractivity contribution in [3.8, 4) is 5.75 Å². The number of nitrogens with zero attached hydrogens (tertiary/aromatic N) is 1. The Morgan fingerprint density at radius 1 is 1.12 bits per heavy atom. The van der Waals surface area contributed by atoms with Gasteiger partial charge in [-0.15, -0.1) is 13.2 Å². The van der Waals surface area contributed by atoms with Gasteiger partial charge in [0.2, 0.25) is 0 Å². The molecule has 0 unspecified atom stereocenters. The summed E-state index contributed by atoms with van der Waals surface area (Å²) in [6.07, 6.45) is -4.70. The van der Waals surface area contributed by atoms with Crippen LogP contribution >= 0.6 is 11.6 Å². The molecule has 0 amide bonds. The molecule has 0 aliphatic heterocycles. The molecule has 2 rings (SSSR count). The number of ether oxygens (including phenoxy) is 1. The van der Waals surface area contributed by atoms with Crippen molar-refractivity contribution in [3.05, 3.63) is 35.5 Å². The van der Waals surface area contributed by atoms with Gasteiger partial charge in [0.05, 0.1) is 5.52 Å². The van der Waals surface area contributed by atoms with E-state index in [-0.39, 0.29) is 10.9 Å². The van der Waals surface area contributed by atoms with Crippen LogP contribution in [-0.2, 0) is 0 Å². The number of pyridine rings is 1. The molecule has 6 heteroatoms. The second-order valence-electron chi connectivity index (χ2n) is 3.04. The molecule has 1 aromatic heterocycles. The topological polar surface area (TPSA) is 22.1 Å². The van der Waals surface area contributed by atoms with Gasteiger partial charge in [-0.25, -0.2) is 4.98 Å². The molecule has 0 atom stereocenters. The van der Waals surface area contributed by atoms with Gasteiger partial charge >= 0.3 is 6.36 Å². The molecule has 2 aromatic rings. The predicted octanol–water partition coefficient (Wildman–Crippen LogP) is 3.79. The van der Waals surface area contributed by atoms with Gasteiger partial charge in [-0.3, -0.25) is 0 Å². The average Bonchev–Trinajstić information content (AvgIpc) is 2.14. The average molecular weight is 248 g/mol. The maximum absolute atomic E-state index is 12.0. The molecule has 1 aromatic carbocycles. The SMILES string of the molecule is FC(F)(F)Oc1ccc2ccc(Cl)nc2c1. The molecule has 0 aliphatic carbocycles. The second kappa shape index (κ2) is 3.83. The minimum Gasteiger partial charge on any atom is -0.406 e. The maximum atomic E-state index is 12.0. The fourth-order valence-corrected chi connectivity index (χ4v) is 1.42. The summed E-state index contributed by atoms with van der Waals surface area (Å²) in [4.78, 5) is 3.88. The van der Waals surface area contributed by atoms with Gasteiger partial charge in [-0.1, -0.05) is 11.6 Å². The van der Waals surface area contributed by atoms with Crippen molar-refractivity contribution in [1.82, 2.24) is 4.98 Å². The first-order valence-electron chi connectivity index (χ1n) is 4.26. The molecule has 0 saturated carbocycles. The summed E-state index contributed by atoms with van der Waals surface area (Å²) < 4.78 is 39.6. The smallest absolute Gasteiger partial charge is 0.406 e. The van der Waals surface area contributed by atoms with Crippen LogP contribution in [0, 0.1) is 0 Å². The largest absolute Gasteiger partial charge is 0.573 e. The van der Waals surface area contributed by atoms with Crippen molar-refractivity contribution in [2.75, 3.05) is 0 Å². The van der Waals surface area contributed by atoms with Gasteiger partial charge in [0.25, 0.3) is 0 Å². The first kappa shape index (κ1) is 11.0. The van der Waals surface area contributed by atoms with Gasteiger partial charge in [0.15, 0.2) is 0 Å². The number of hydrogen-bond donors (Lipinski definition) is 0. The van der Waals surface area contributed by atoms with Crippen LogP contribution in [0.1, 0.15) is 0 Å². The van der Waals surface area contributed by atoms with E-state index in [1.165, 1.54) is 18.2 Å². The third-order valence-electron chi connectivity index (χ3n) is 1.86. The summed E-state index contributed by atoms with van der Waals surface area (Å²) in [7, 11) is 0. The number of aromatic nitrogens is 1. The van der Waals surface area contributed by atoms with Crippen molar-refractivity contribution in [1.29, 1.82) is 0 Å². The molecule has 84 valence electrons. The molecule has 1 heterocycles. The molecule has 0 saturated heterocycles. The number of benzene rings is 1. The third-order valence-corrected chi connectivity index (χ3v) is 2.07. The van der Waals surface area contributed by atoms with Crippen LogP contribution in [-0.4, -0.2) is 11.3 Å². The van der Waals surface area contributed by atoms with Crippen molar-refractivity contribution >= 4 is 22.5 Å². The summed E-state index contributed by atoms with van der Waals surface area (Å²) in [6.45, 7) is 0. The molecule has 0 radical (unpaired) electrons. The molecule has 0 spiro atoms. The lowest BCUT2D eigenvalue weighted by atomic mass is 10.2. The summed E-state index contributed by atoms with van der Waals surface area (Å²) in [5, 5.41) is 0.913. The van der Waals surface area contributed by atoms with Crippen LogP contribution in [0.2, 0.25) is 5.15 Å². The number of rotatable bonds is 1. The van der Waals surface area contributed by atoms with Crippen molar-refractivity contribution in [3.63, 3.8) is 0 Å². The van der Waals surface area contributed by atoms with Crippen LogP contribution in [0.25, 0.3) is 10.9 Å². The van der Waals surface area contributed by atoms with Crippen LogP contribution in [0.5, 0.6) is 5.75 Å². The highest BCUT2D eigenvalue weighted by Crippen LogP contribution is 2.26. The van der Waals surface area contributed by atoms with Crippen molar-refractivity contribution < 1.29 is 17.9 Å². The molecule has 0 fully saturated rings. The highest BCUT2D eigenvalue weighted by atomic mass is 35.5. The van der Waals surface area contributed by atoms with Crippen LogP contribution in [0.15, 0.2) is 30.3 Å². The van der Waals surface area contributed by atoms with Crippen molar-refractivity contribution in [2.45, 2.75) is 6.36 Å². The lowest BCUT2D eigenvalue weighted by molar-refractivity contribution is -0.274. The Kier molecular flexibility index (Phi) is 2.63. The van der Waals surface area contributed by atoms with Gasteiger partial charge in [-0.05, 0) is 24.3 Å². The van der Waals surface area contributed by atoms with Crippen LogP contribution in [0.4, 0.5) is 13.2 Å². The predicted molar refractivity (Wildman–Crippen MR) is 53.4 cm³/mol. The Balaban J connectivity index is 2.43. The van der Waals surface area contributed by atoms with E-state index >= 15 is 0 Å². The number of hydrogen-bond acceptors (Lipinski definition) is 2.